The SMILES string of the molecule is CCCNc1cc(C(=O)NC(C)c2ncn[nH]2)cc(Cl)n1. The number of nitrogens with zero attached hydrogens (tertiary/aromatic N) is 3. The van der Waals surface area contributed by atoms with Crippen LogP contribution in [-0.4, -0.2) is 32.6 Å². The summed E-state index contributed by atoms with van der Waals surface area (Å²) >= 11 is 5.95. The van der Waals surface area contributed by atoms with E-state index in [0.29, 0.717) is 17.2 Å². The summed E-state index contributed by atoms with van der Waals surface area (Å²) in [7, 11) is 0. The van der Waals surface area contributed by atoms with Crippen LogP contribution in [0.1, 0.15) is 42.5 Å². The van der Waals surface area contributed by atoms with Crippen molar-refractivity contribution < 1.29 is 4.79 Å². The summed E-state index contributed by atoms with van der Waals surface area (Å²) in [5.74, 6) is 0.928. The Labute approximate surface area is 127 Å². The Morgan fingerprint density at radius 1 is 1.48 bits per heavy atom. The van der Waals surface area contributed by atoms with Crippen LogP contribution in [0.5, 0.6) is 0 Å². The first-order valence-electron chi connectivity index (χ1n) is 6.67. The van der Waals surface area contributed by atoms with Crippen molar-refractivity contribution >= 4 is 23.3 Å². The lowest BCUT2D eigenvalue weighted by Crippen LogP contribution is -2.27. The highest BCUT2D eigenvalue weighted by Gasteiger charge is 2.15. The third-order valence-electron chi connectivity index (χ3n) is 2.80. The first-order chi connectivity index (χ1) is 10.1. The van der Waals surface area contributed by atoms with Crippen molar-refractivity contribution in [3.05, 3.63) is 35.0 Å². The second-order valence-corrected chi connectivity index (χ2v) is 4.94. The zero-order valence-corrected chi connectivity index (χ0v) is 12.6. The molecule has 0 aliphatic rings. The average molecular weight is 309 g/mol. The van der Waals surface area contributed by atoms with E-state index in [9.17, 15) is 4.79 Å². The molecule has 0 aromatic carbocycles. The Balaban J connectivity index is 2.09. The van der Waals surface area contributed by atoms with Crippen LogP contribution >= 0.6 is 11.6 Å². The summed E-state index contributed by atoms with van der Waals surface area (Å²) < 4.78 is 0. The van der Waals surface area contributed by atoms with Crippen molar-refractivity contribution in [2.24, 2.45) is 0 Å². The summed E-state index contributed by atoms with van der Waals surface area (Å²) in [6.07, 6.45) is 2.35. The average Bonchev–Trinajstić information content (AvgIpc) is 2.98. The predicted octanol–water partition coefficient (Wildman–Crippen LogP) is 2.17. The fourth-order valence-corrected chi connectivity index (χ4v) is 1.95. The number of carbonyl (C=O) groups is 1. The maximum atomic E-state index is 12.2. The van der Waals surface area contributed by atoms with E-state index in [2.05, 4.69) is 30.8 Å². The molecular weight excluding hydrogens is 292 g/mol. The van der Waals surface area contributed by atoms with E-state index in [1.807, 2.05) is 13.8 Å². The third-order valence-corrected chi connectivity index (χ3v) is 3.00. The minimum absolute atomic E-state index is 0.247. The van der Waals surface area contributed by atoms with Gasteiger partial charge in [-0.2, -0.15) is 5.10 Å². The molecule has 0 aliphatic heterocycles. The van der Waals surface area contributed by atoms with Crippen molar-refractivity contribution in [3.8, 4) is 0 Å². The fourth-order valence-electron chi connectivity index (χ4n) is 1.74. The van der Waals surface area contributed by atoms with Gasteiger partial charge < -0.3 is 10.6 Å². The Bertz CT molecular complexity index is 601. The summed E-state index contributed by atoms with van der Waals surface area (Å²) in [5.41, 5.74) is 0.444. The molecule has 8 heteroatoms. The Morgan fingerprint density at radius 3 is 2.95 bits per heavy atom. The number of hydrogen-bond donors (Lipinski definition) is 3. The van der Waals surface area contributed by atoms with E-state index in [1.165, 1.54) is 12.4 Å². The van der Waals surface area contributed by atoms with Gasteiger partial charge in [0.05, 0.1) is 6.04 Å². The van der Waals surface area contributed by atoms with Crippen LogP contribution in [0.25, 0.3) is 0 Å². The molecule has 1 amide bonds. The van der Waals surface area contributed by atoms with Gasteiger partial charge in [0.15, 0.2) is 0 Å². The molecule has 2 heterocycles. The standard InChI is InChI=1S/C13H17ClN6O/c1-3-4-15-11-6-9(5-10(14)19-11)13(21)18-8(2)12-16-7-17-20-12/h5-8H,3-4H2,1-2H3,(H,15,19)(H,18,21)(H,16,17,20). The molecule has 2 rings (SSSR count). The molecule has 0 saturated heterocycles. The van der Waals surface area contributed by atoms with Crippen LogP contribution in [0, 0.1) is 0 Å². The van der Waals surface area contributed by atoms with Gasteiger partial charge >= 0.3 is 0 Å². The second kappa shape index (κ2) is 7.03. The van der Waals surface area contributed by atoms with Gasteiger partial charge in [0, 0.05) is 12.1 Å². The van der Waals surface area contributed by atoms with Crippen LogP contribution in [0.4, 0.5) is 5.82 Å². The highest BCUT2D eigenvalue weighted by atomic mass is 35.5. The number of amides is 1. The number of carbonyl (C=O) groups excluding carboxylic acids is 1. The number of pyridine rings is 1. The molecule has 0 saturated carbocycles. The van der Waals surface area contributed by atoms with Crippen molar-refractivity contribution in [3.63, 3.8) is 0 Å². The molecular formula is C13H17ClN6O. The van der Waals surface area contributed by atoms with Gasteiger partial charge in [-0.1, -0.05) is 18.5 Å². The lowest BCUT2D eigenvalue weighted by atomic mass is 10.2. The minimum Gasteiger partial charge on any atom is -0.370 e. The largest absolute Gasteiger partial charge is 0.370 e. The van der Waals surface area contributed by atoms with Crippen LogP contribution in [0.2, 0.25) is 5.15 Å². The van der Waals surface area contributed by atoms with Crippen LogP contribution in [-0.2, 0) is 0 Å². The second-order valence-electron chi connectivity index (χ2n) is 4.56. The van der Waals surface area contributed by atoms with E-state index in [-0.39, 0.29) is 17.1 Å². The summed E-state index contributed by atoms with van der Waals surface area (Å²) in [5, 5.41) is 12.7. The van der Waals surface area contributed by atoms with Crippen LogP contribution in [0.3, 0.4) is 0 Å². The predicted molar refractivity (Wildman–Crippen MR) is 80.3 cm³/mol. The van der Waals surface area contributed by atoms with Crippen molar-refractivity contribution in [2.75, 3.05) is 11.9 Å². The molecule has 2 aromatic heterocycles. The molecule has 1 unspecified atom stereocenters. The van der Waals surface area contributed by atoms with Crippen molar-refractivity contribution in [1.29, 1.82) is 0 Å². The number of hydrogen-bond acceptors (Lipinski definition) is 5. The van der Waals surface area contributed by atoms with Crippen LogP contribution in [0.15, 0.2) is 18.5 Å². The lowest BCUT2D eigenvalue weighted by molar-refractivity contribution is 0.0938. The van der Waals surface area contributed by atoms with Crippen molar-refractivity contribution in [1.82, 2.24) is 25.5 Å². The molecule has 2 aromatic rings. The number of halogens is 1. The summed E-state index contributed by atoms with van der Waals surface area (Å²) in [4.78, 5) is 20.4. The smallest absolute Gasteiger partial charge is 0.252 e. The highest BCUT2D eigenvalue weighted by Crippen LogP contribution is 2.16. The molecule has 0 spiro atoms. The quantitative estimate of drug-likeness (QED) is 0.711. The normalized spacial score (nSPS) is 12.0. The van der Waals surface area contributed by atoms with Crippen LogP contribution < -0.4 is 10.6 Å². The minimum atomic E-state index is -0.279. The first-order valence-corrected chi connectivity index (χ1v) is 7.05. The highest BCUT2D eigenvalue weighted by molar-refractivity contribution is 6.29. The molecule has 1 atom stereocenters. The maximum Gasteiger partial charge on any atom is 0.252 e. The van der Waals surface area contributed by atoms with Gasteiger partial charge in [0.1, 0.15) is 23.1 Å². The summed E-state index contributed by atoms with van der Waals surface area (Å²) in [6.45, 7) is 4.63. The Morgan fingerprint density at radius 2 is 2.29 bits per heavy atom. The number of anilines is 1. The number of nitrogens with one attached hydrogen (secondary N) is 3. The van der Waals surface area contributed by atoms with E-state index in [0.717, 1.165) is 13.0 Å². The molecule has 3 N–H and O–H groups in total. The molecule has 0 aliphatic carbocycles. The number of aromatic nitrogens is 4. The van der Waals surface area contributed by atoms with Gasteiger partial charge in [-0.25, -0.2) is 9.97 Å². The van der Waals surface area contributed by atoms with Gasteiger partial charge in [0.25, 0.3) is 5.91 Å². The molecule has 7 nitrogen and oxygen atoms in total. The molecule has 0 radical (unpaired) electrons. The van der Waals surface area contributed by atoms with Gasteiger partial charge in [-0.15, -0.1) is 0 Å². The maximum absolute atomic E-state index is 12.2. The molecule has 112 valence electrons. The molecule has 21 heavy (non-hydrogen) atoms. The van der Waals surface area contributed by atoms with E-state index < -0.39 is 0 Å². The monoisotopic (exact) mass is 308 g/mol. The lowest BCUT2D eigenvalue weighted by Gasteiger charge is -2.12. The van der Waals surface area contributed by atoms with E-state index in [4.69, 9.17) is 11.6 Å². The number of rotatable bonds is 6. The van der Waals surface area contributed by atoms with E-state index >= 15 is 0 Å². The van der Waals surface area contributed by atoms with E-state index in [1.54, 1.807) is 6.07 Å². The topological polar surface area (TPSA) is 95.6 Å². The first kappa shape index (κ1) is 15.2. The number of H-pyrrole nitrogens is 1. The summed E-state index contributed by atoms with van der Waals surface area (Å²) in [6, 6.07) is 2.92. The van der Waals surface area contributed by atoms with Crippen molar-refractivity contribution in [2.45, 2.75) is 26.3 Å². The zero-order valence-electron chi connectivity index (χ0n) is 11.9. The zero-order chi connectivity index (χ0) is 15.2. The van der Waals surface area contributed by atoms with Gasteiger partial charge in [-0.3, -0.25) is 9.89 Å². The molecule has 0 bridgehead atoms. The Kier molecular flexibility index (Phi) is 5.10. The molecule has 0 fully saturated rings. The third kappa shape index (κ3) is 4.16. The number of aromatic amines is 1. The van der Waals surface area contributed by atoms with Gasteiger partial charge in [0.2, 0.25) is 0 Å². The fraction of sp³-hybridized carbons (Fsp3) is 0.385. The van der Waals surface area contributed by atoms with Gasteiger partial charge in [-0.05, 0) is 25.5 Å². The Hall–Kier alpha value is -2.15.